The van der Waals surface area contributed by atoms with Crippen LogP contribution in [0.15, 0.2) is 58.3 Å². The molecule has 0 bridgehead atoms. The molecule has 0 spiro atoms. The van der Waals surface area contributed by atoms with E-state index >= 15 is 0 Å². The SMILES string of the molecule is CSc1ccc(CNCCc2ccc(S(N)(=O)=O)cc2)cc1.[Cl-]. The third-order valence-electron chi connectivity index (χ3n) is 3.33. The maximum Gasteiger partial charge on any atom is 0.238 e. The fourth-order valence-electron chi connectivity index (χ4n) is 2.05. The summed E-state index contributed by atoms with van der Waals surface area (Å²) in [7, 11) is -3.60. The molecular formula is C16H20ClN2O2S2-. The van der Waals surface area contributed by atoms with E-state index in [2.05, 4.69) is 35.8 Å². The van der Waals surface area contributed by atoms with Gasteiger partial charge in [-0.1, -0.05) is 24.3 Å². The van der Waals surface area contributed by atoms with Crippen molar-refractivity contribution in [2.45, 2.75) is 22.8 Å². The van der Waals surface area contributed by atoms with E-state index in [0.29, 0.717) is 0 Å². The Morgan fingerprint density at radius 2 is 1.57 bits per heavy atom. The topological polar surface area (TPSA) is 72.2 Å². The molecular weight excluding hydrogens is 352 g/mol. The van der Waals surface area contributed by atoms with E-state index < -0.39 is 10.0 Å². The molecule has 2 rings (SSSR count). The van der Waals surface area contributed by atoms with Crippen LogP contribution >= 0.6 is 11.8 Å². The Bertz CT molecular complexity index is 702. The Balaban J connectivity index is 0.00000264. The maximum absolute atomic E-state index is 11.2. The highest BCUT2D eigenvalue weighted by atomic mass is 35.5. The Kier molecular flexibility index (Phi) is 8.08. The fraction of sp³-hybridized carbons (Fsp3) is 0.250. The smallest absolute Gasteiger partial charge is 0.238 e. The minimum absolute atomic E-state index is 0. The van der Waals surface area contributed by atoms with Gasteiger partial charge in [-0.3, -0.25) is 0 Å². The third kappa shape index (κ3) is 6.53. The number of hydrogen-bond acceptors (Lipinski definition) is 4. The number of nitrogens with two attached hydrogens (primary N) is 1. The first-order chi connectivity index (χ1) is 10.5. The lowest BCUT2D eigenvalue weighted by molar-refractivity contribution is -0.00000715. The van der Waals surface area contributed by atoms with Gasteiger partial charge in [0, 0.05) is 11.4 Å². The van der Waals surface area contributed by atoms with Gasteiger partial charge in [0.15, 0.2) is 0 Å². The summed E-state index contributed by atoms with van der Waals surface area (Å²) in [6.07, 6.45) is 2.90. The van der Waals surface area contributed by atoms with E-state index in [1.165, 1.54) is 10.5 Å². The van der Waals surface area contributed by atoms with Crippen LogP contribution < -0.4 is 22.9 Å². The van der Waals surface area contributed by atoms with Crippen LogP contribution in [0.2, 0.25) is 0 Å². The second-order valence-electron chi connectivity index (χ2n) is 4.96. The zero-order chi connectivity index (χ0) is 16.0. The van der Waals surface area contributed by atoms with E-state index in [1.54, 1.807) is 36.0 Å². The summed E-state index contributed by atoms with van der Waals surface area (Å²) in [4.78, 5) is 1.41. The molecule has 23 heavy (non-hydrogen) atoms. The monoisotopic (exact) mass is 371 g/mol. The van der Waals surface area contributed by atoms with Crippen molar-refractivity contribution in [1.29, 1.82) is 0 Å². The molecule has 0 saturated carbocycles. The van der Waals surface area contributed by atoms with Crippen LogP contribution in [0.3, 0.4) is 0 Å². The van der Waals surface area contributed by atoms with Gasteiger partial charge in [0.1, 0.15) is 0 Å². The molecule has 0 aliphatic heterocycles. The Morgan fingerprint density at radius 1 is 1.00 bits per heavy atom. The van der Waals surface area contributed by atoms with E-state index in [9.17, 15) is 8.42 Å². The average molecular weight is 372 g/mol. The van der Waals surface area contributed by atoms with Crippen LogP contribution in [-0.4, -0.2) is 21.2 Å². The molecule has 126 valence electrons. The molecule has 2 aromatic rings. The van der Waals surface area contributed by atoms with Crippen LogP contribution in [0, 0.1) is 0 Å². The fourth-order valence-corrected chi connectivity index (χ4v) is 2.98. The number of sulfonamides is 1. The van der Waals surface area contributed by atoms with E-state index in [-0.39, 0.29) is 17.3 Å². The van der Waals surface area contributed by atoms with Gasteiger partial charge >= 0.3 is 0 Å². The van der Waals surface area contributed by atoms with Gasteiger partial charge in [-0.2, -0.15) is 0 Å². The zero-order valence-corrected chi connectivity index (χ0v) is 15.2. The highest BCUT2D eigenvalue weighted by Crippen LogP contribution is 2.14. The van der Waals surface area contributed by atoms with Crippen LogP contribution in [0.1, 0.15) is 11.1 Å². The predicted octanol–water partition coefficient (Wildman–Crippen LogP) is -0.608. The summed E-state index contributed by atoms with van der Waals surface area (Å²) >= 11 is 1.73. The number of primary sulfonamides is 1. The second-order valence-corrected chi connectivity index (χ2v) is 7.40. The lowest BCUT2D eigenvalue weighted by Crippen LogP contribution is -3.00. The summed E-state index contributed by atoms with van der Waals surface area (Å²) in [5.41, 5.74) is 2.33. The molecule has 0 aliphatic rings. The number of benzene rings is 2. The van der Waals surface area contributed by atoms with Gasteiger partial charge in [-0.05, 0) is 54.6 Å². The third-order valence-corrected chi connectivity index (χ3v) is 5.00. The number of nitrogens with one attached hydrogen (secondary N) is 1. The number of halogens is 1. The average Bonchev–Trinajstić information content (AvgIpc) is 2.52. The normalized spacial score (nSPS) is 11.0. The summed E-state index contributed by atoms with van der Waals surface area (Å²) in [6, 6.07) is 15.2. The lowest BCUT2D eigenvalue weighted by atomic mass is 10.1. The van der Waals surface area contributed by atoms with Crippen molar-refractivity contribution in [1.82, 2.24) is 5.32 Å². The van der Waals surface area contributed by atoms with Crippen molar-refractivity contribution in [2.24, 2.45) is 5.14 Å². The number of rotatable bonds is 7. The first-order valence-corrected chi connectivity index (χ1v) is 9.71. The van der Waals surface area contributed by atoms with Crippen molar-refractivity contribution in [3.63, 3.8) is 0 Å². The van der Waals surface area contributed by atoms with E-state index in [4.69, 9.17) is 5.14 Å². The molecule has 0 unspecified atom stereocenters. The molecule has 3 N–H and O–H groups in total. The first kappa shape index (κ1) is 20.0. The van der Waals surface area contributed by atoms with Crippen LogP contribution in [0.25, 0.3) is 0 Å². The Labute approximate surface area is 148 Å². The lowest BCUT2D eigenvalue weighted by Gasteiger charge is -2.06. The summed E-state index contributed by atoms with van der Waals surface area (Å²) in [5, 5.41) is 8.45. The highest BCUT2D eigenvalue weighted by Gasteiger charge is 2.06. The molecule has 2 aromatic carbocycles. The number of thioether (sulfide) groups is 1. The summed E-state index contributed by atoms with van der Waals surface area (Å²) in [6.45, 7) is 1.66. The van der Waals surface area contributed by atoms with Crippen molar-refractivity contribution >= 4 is 21.8 Å². The Morgan fingerprint density at radius 3 is 2.09 bits per heavy atom. The van der Waals surface area contributed by atoms with Crippen LogP contribution in [-0.2, 0) is 23.0 Å². The molecule has 0 saturated heterocycles. The molecule has 4 nitrogen and oxygen atoms in total. The van der Waals surface area contributed by atoms with Gasteiger partial charge in [-0.25, -0.2) is 13.6 Å². The van der Waals surface area contributed by atoms with Crippen molar-refractivity contribution in [3.05, 3.63) is 59.7 Å². The predicted molar refractivity (Wildman–Crippen MR) is 91.4 cm³/mol. The summed E-state index contributed by atoms with van der Waals surface area (Å²) in [5.74, 6) is 0. The molecule has 0 atom stereocenters. The molecule has 0 heterocycles. The first-order valence-electron chi connectivity index (χ1n) is 6.94. The van der Waals surface area contributed by atoms with E-state index in [0.717, 1.165) is 25.1 Å². The molecule has 0 fully saturated rings. The zero-order valence-electron chi connectivity index (χ0n) is 12.8. The van der Waals surface area contributed by atoms with E-state index in [1.807, 2.05) is 0 Å². The molecule has 0 aromatic heterocycles. The van der Waals surface area contributed by atoms with Crippen molar-refractivity contribution in [2.75, 3.05) is 12.8 Å². The van der Waals surface area contributed by atoms with Gasteiger partial charge in [-0.15, -0.1) is 11.8 Å². The molecule has 7 heteroatoms. The summed E-state index contributed by atoms with van der Waals surface area (Å²) < 4.78 is 22.3. The maximum atomic E-state index is 11.2. The quantitative estimate of drug-likeness (QED) is 0.503. The second kappa shape index (κ2) is 9.30. The van der Waals surface area contributed by atoms with Gasteiger partial charge in [0.25, 0.3) is 0 Å². The van der Waals surface area contributed by atoms with Crippen LogP contribution in [0.4, 0.5) is 0 Å². The molecule has 0 amide bonds. The van der Waals surface area contributed by atoms with Crippen LogP contribution in [0.5, 0.6) is 0 Å². The highest BCUT2D eigenvalue weighted by molar-refractivity contribution is 7.98. The largest absolute Gasteiger partial charge is 1.00 e. The minimum atomic E-state index is -3.60. The molecule has 0 radical (unpaired) electrons. The van der Waals surface area contributed by atoms with Gasteiger partial charge in [0.05, 0.1) is 4.90 Å². The Hall–Kier alpha value is -1.05. The number of hydrogen-bond donors (Lipinski definition) is 2. The van der Waals surface area contributed by atoms with Gasteiger partial charge in [0.2, 0.25) is 10.0 Å². The molecule has 0 aliphatic carbocycles. The van der Waals surface area contributed by atoms with Crippen molar-refractivity contribution < 1.29 is 20.8 Å². The van der Waals surface area contributed by atoms with Crippen molar-refractivity contribution in [3.8, 4) is 0 Å². The standard InChI is InChI=1S/C16H20N2O2S2.ClH/c1-21-15-6-2-14(3-7-15)12-18-11-10-13-4-8-16(9-5-13)22(17,19)20;/h2-9,18H,10-12H2,1H3,(H2,17,19,20);1H/p-1. The van der Waals surface area contributed by atoms with Gasteiger partial charge < -0.3 is 17.7 Å². The minimum Gasteiger partial charge on any atom is -1.00 e.